The molecule has 7 heteroatoms. The fourth-order valence-corrected chi connectivity index (χ4v) is 3.30. The van der Waals surface area contributed by atoms with Crippen molar-refractivity contribution in [3.8, 4) is 0 Å². The number of halogens is 2. The minimum Gasteiger partial charge on any atom is -0.478 e. The summed E-state index contributed by atoms with van der Waals surface area (Å²) in [6, 6.07) is 7.99. The van der Waals surface area contributed by atoms with Crippen LogP contribution in [0.4, 0.5) is 4.39 Å². The van der Waals surface area contributed by atoms with Crippen LogP contribution in [0.15, 0.2) is 36.4 Å². The zero-order chi connectivity index (χ0) is 18.2. The summed E-state index contributed by atoms with van der Waals surface area (Å²) >= 11 is 5.97. The van der Waals surface area contributed by atoms with Crippen LogP contribution in [0.5, 0.6) is 0 Å². The van der Waals surface area contributed by atoms with Crippen molar-refractivity contribution in [1.82, 2.24) is 5.32 Å². The highest BCUT2D eigenvalue weighted by Crippen LogP contribution is 2.36. The molecule has 1 amide bonds. The molecule has 1 atom stereocenters. The number of fused-ring (bicyclic) bond motifs is 1. The Morgan fingerprint density at radius 3 is 2.68 bits per heavy atom. The maximum atomic E-state index is 13.3. The molecule has 0 bridgehead atoms. The van der Waals surface area contributed by atoms with E-state index in [1.165, 1.54) is 36.4 Å². The van der Waals surface area contributed by atoms with Crippen LogP contribution in [0.25, 0.3) is 0 Å². The van der Waals surface area contributed by atoms with Crippen LogP contribution in [0.2, 0.25) is 5.02 Å². The van der Waals surface area contributed by atoms with Gasteiger partial charge in [-0.2, -0.15) is 0 Å². The van der Waals surface area contributed by atoms with Gasteiger partial charge in [0.1, 0.15) is 11.4 Å². The molecule has 1 aliphatic carbocycles. The van der Waals surface area contributed by atoms with Crippen LogP contribution in [-0.4, -0.2) is 28.6 Å². The van der Waals surface area contributed by atoms with Crippen molar-refractivity contribution in [2.24, 2.45) is 0 Å². The van der Waals surface area contributed by atoms with Crippen LogP contribution in [0, 0.1) is 5.82 Å². The lowest BCUT2D eigenvalue weighted by Crippen LogP contribution is -2.39. The van der Waals surface area contributed by atoms with Crippen LogP contribution >= 0.6 is 11.6 Å². The Kier molecular flexibility index (Phi) is 4.49. The number of benzene rings is 2. The fraction of sp³-hybridized carbons (Fsp3) is 0.222. The predicted molar refractivity (Wildman–Crippen MR) is 89.4 cm³/mol. The average molecular weight is 364 g/mol. The largest absolute Gasteiger partial charge is 0.478 e. The van der Waals surface area contributed by atoms with Crippen molar-refractivity contribution in [3.63, 3.8) is 0 Å². The lowest BCUT2D eigenvalue weighted by atomic mass is 9.95. The van der Waals surface area contributed by atoms with Crippen LogP contribution in [0.3, 0.4) is 0 Å². The topological polar surface area (TPSA) is 86.6 Å². The highest BCUT2D eigenvalue weighted by molar-refractivity contribution is 6.34. The Morgan fingerprint density at radius 1 is 1.24 bits per heavy atom. The van der Waals surface area contributed by atoms with Crippen molar-refractivity contribution in [2.75, 3.05) is 6.54 Å². The summed E-state index contributed by atoms with van der Waals surface area (Å²) in [7, 11) is 0. The zero-order valence-corrected chi connectivity index (χ0v) is 13.8. The van der Waals surface area contributed by atoms with Crippen molar-refractivity contribution in [3.05, 3.63) is 69.5 Å². The number of amides is 1. The molecule has 0 spiro atoms. The molecule has 0 saturated carbocycles. The molecule has 0 aliphatic heterocycles. The van der Waals surface area contributed by atoms with Crippen molar-refractivity contribution in [2.45, 2.75) is 18.4 Å². The second kappa shape index (κ2) is 6.46. The first-order valence-corrected chi connectivity index (χ1v) is 8.00. The maximum absolute atomic E-state index is 13.3. The first-order chi connectivity index (χ1) is 11.8. The quantitative estimate of drug-likeness (QED) is 0.779. The third kappa shape index (κ3) is 3.36. The van der Waals surface area contributed by atoms with Crippen LogP contribution in [-0.2, 0) is 12.0 Å². The standard InChI is InChI=1S/C18H15ClFNO4/c19-15-8-11(17(23)24)1-3-13(15)16(22)21-9-18(25)6-5-10-7-12(20)2-4-14(10)18/h1-4,7-8,25H,5-6,9H2,(H,21,22)(H,23,24). The van der Waals surface area contributed by atoms with Gasteiger partial charge in [-0.1, -0.05) is 17.7 Å². The molecule has 130 valence electrons. The van der Waals surface area contributed by atoms with Gasteiger partial charge in [-0.05, 0) is 54.3 Å². The lowest BCUT2D eigenvalue weighted by molar-refractivity contribution is 0.0369. The first kappa shape index (κ1) is 17.4. The van der Waals surface area contributed by atoms with Gasteiger partial charge in [-0.15, -0.1) is 0 Å². The van der Waals surface area contributed by atoms with Crippen LogP contribution in [0.1, 0.15) is 38.3 Å². The Bertz CT molecular complexity index is 870. The summed E-state index contributed by atoms with van der Waals surface area (Å²) in [4.78, 5) is 23.2. The lowest BCUT2D eigenvalue weighted by Gasteiger charge is -2.24. The molecule has 1 aliphatic rings. The Balaban J connectivity index is 1.74. The predicted octanol–water partition coefficient (Wildman–Crippen LogP) is 2.74. The minimum atomic E-state index is -1.27. The van der Waals surface area contributed by atoms with Gasteiger partial charge in [0, 0.05) is 0 Å². The SMILES string of the molecule is O=C(O)c1ccc(C(=O)NCC2(O)CCc3cc(F)ccc32)c(Cl)c1. The Labute approximate surface area is 148 Å². The summed E-state index contributed by atoms with van der Waals surface area (Å²) in [5.74, 6) is -2.03. The van der Waals surface area contributed by atoms with E-state index < -0.39 is 17.5 Å². The van der Waals surface area contributed by atoms with E-state index >= 15 is 0 Å². The van der Waals surface area contributed by atoms with E-state index in [0.717, 1.165) is 5.56 Å². The zero-order valence-electron chi connectivity index (χ0n) is 13.1. The Hall–Kier alpha value is -2.44. The minimum absolute atomic E-state index is 0.0123. The van der Waals surface area contributed by atoms with E-state index in [1.54, 1.807) is 0 Å². The maximum Gasteiger partial charge on any atom is 0.335 e. The molecule has 0 aromatic heterocycles. The molecule has 0 radical (unpaired) electrons. The summed E-state index contributed by atoms with van der Waals surface area (Å²) in [5.41, 5.74) is 0.147. The number of rotatable bonds is 4. The molecule has 0 fully saturated rings. The molecule has 2 aromatic carbocycles. The van der Waals surface area contributed by atoms with E-state index in [0.29, 0.717) is 18.4 Å². The second-order valence-electron chi connectivity index (χ2n) is 6.02. The fourth-order valence-electron chi connectivity index (χ4n) is 3.04. The molecule has 5 nitrogen and oxygen atoms in total. The van der Waals surface area contributed by atoms with Gasteiger partial charge in [-0.3, -0.25) is 4.79 Å². The normalized spacial score (nSPS) is 18.7. The summed E-state index contributed by atoms with van der Waals surface area (Å²) in [6.07, 6.45) is 0.894. The number of carbonyl (C=O) groups excluding carboxylic acids is 1. The van der Waals surface area contributed by atoms with Crippen molar-refractivity contribution < 1.29 is 24.2 Å². The number of nitrogens with one attached hydrogen (secondary N) is 1. The van der Waals surface area contributed by atoms with E-state index in [4.69, 9.17) is 16.7 Å². The number of aromatic carboxylic acids is 1. The van der Waals surface area contributed by atoms with Crippen molar-refractivity contribution in [1.29, 1.82) is 0 Å². The average Bonchev–Trinajstić information content (AvgIpc) is 2.89. The number of aryl methyl sites for hydroxylation is 1. The van der Waals surface area contributed by atoms with Gasteiger partial charge >= 0.3 is 5.97 Å². The summed E-state index contributed by atoms with van der Waals surface area (Å²) < 4.78 is 13.3. The summed E-state index contributed by atoms with van der Waals surface area (Å²) in [5, 5.41) is 22.3. The van der Waals surface area contributed by atoms with Gasteiger partial charge < -0.3 is 15.5 Å². The van der Waals surface area contributed by atoms with E-state index in [2.05, 4.69) is 5.32 Å². The van der Waals surface area contributed by atoms with Gasteiger partial charge in [0.2, 0.25) is 0 Å². The Morgan fingerprint density at radius 2 is 2.00 bits per heavy atom. The van der Waals surface area contributed by atoms with Gasteiger partial charge in [0.25, 0.3) is 5.91 Å². The van der Waals surface area contributed by atoms with E-state index in [9.17, 15) is 19.1 Å². The number of carbonyl (C=O) groups is 2. The first-order valence-electron chi connectivity index (χ1n) is 7.62. The van der Waals surface area contributed by atoms with E-state index in [1.807, 2.05) is 0 Å². The van der Waals surface area contributed by atoms with Gasteiger partial charge in [-0.25, -0.2) is 9.18 Å². The molecule has 3 N–H and O–H groups in total. The van der Waals surface area contributed by atoms with Gasteiger partial charge in [0.05, 0.1) is 22.7 Å². The molecule has 0 heterocycles. The van der Waals surface area contributed by atoms with E-state index in [-0.39, 0.29) is 28.5 Å². The van der Waals surface area contributed by atoms with Gasteiger partial charge in [0.15, 0.2) is 0 Å². The number of aliphatic hydroxyl groups is 1. The molecule has 2 aromatic rings. The number of carboxylic acid groups (broad SMARTS) is 1. The second-order valence-corrected chi connectivity index (χ2v) is 6.42. The number of hydrogen-bond acceptors (Lipinski definition) is 3. The monoisotopic (exact) mass is 363 g/mol. The molecular weight excluding hydrogens is 349 g/mol. The molecule has 0 saturated heterocycles. The highest BCUT2D eigenvalue weighted by atomic mass is 35.5. The summed E-state index contributed by atoms with van der Waals surface area (Å²) in [6.45, 7) is -0.0541. The molecule has 3 rings (SSSR count). The third-order valence-electron chi connectivity index (χ3n) is 4.38. The number of carboxylic acids is 1. The number of hydrogen-bond donors (Lipinski definition) is 3. The third-order valence-corrected chi connectivity index (χ3v) is 4.69. The van der Waals surface area contributed by atoms with Crippen molar-refractivity contribution >= 4 is 23.5 Å². The molecule has 25 heavy (non-hydrogen) atoms. The van der Waals surface area contributed by atoms with Crippen LogP contribution < -0.4 is 5.32 Å². The molecular formula is C18H15ClFNO4. The molecule has 1 unspecified atom stereocenters. The smallest absolute Gasteiger partial charge is 0.335 e. The highest BCUT2D eigenvalue weighted by Gasteiger charge is 2.37.